The van der Waals surface area contributed by atoms with Crippen LogP contribution in [0.15, 0.2) is 18.4 Å². The van der Waals surface area contributed by atoms with E-state index in [1.165, 1.54) is 36.9 Å². The number of allylic oxidation sites excluding steroid dienone is 2. The number of aryl methyl sites for hydroxylation is 1. The Labute approximate surface area is 184 Å². The van der Waals surface area contributed by atoms with Crippen molar-refractivity contribution in [3.8, 4) is 11.4 Å². The molecule has 4 rings (SSSR count). The van der Waals surface area contributed by atoms with Crippen LogP contribution >= 0.6 is 0 Å². The minimum absolute atomic E-state index is 0.123. The number of nitrogens with one attached hydrogen (secondary N) is 2. The molecule has 7 heteroatoms. The number of fused-ring (bicyclic) bond motifs is 1. The number of tetrazole rings is 1. The van der Waals surface area contributed by atoms with Gasteiger partial charge in [-0.05, 0) is 79.1 Å². The van der Waals surface area contributed by atoms with E-state index in [0.29, 0.717) is 12.4 Å². The van der Waals surface area contributed by atoms with Gasteiger partial charge in [-0.3, -0.25) is 4.98 Å². The number of hydrogen-bond acceptors (Lipinski definition) is 6. The van der Waals surface area contributed by atoms with Crippen molar-refractivity contribution in [2.45, 2.75) is 70.1 Å². The number of nitrogens with zero attached hydrogens (tertiary/aromatic N) is 4. The normalized spacial score (nSPS) is 18.5. The SMILES string of the molecule is C=C(/C(C)=C\NC)c1c2c(nc(C3(COC)CCCC3)c1-c1nn[nH]n1)CCCCC2. The van der Waals surface area contributed by atoms with Crippen LogP contribution in [0.4, 0.5) is 0 Å². The molecule has 0 bridgehead atoms. The summed E-state index contributed by atoms with van der Waals surface area (Å²) in [6.45, 7) is 7.29. The first kappa shape index (κ1) is 21.7. The molecule has 1 saturated carbocycles. The van der Waals surface area contributed by atoms with Crippen molar-refractivity contribution < 1.29 is 4.74 Å². The second-order valence-electron chi connectivity index (χ2n) is 8.95. The van der Waals surface area contributed by atoms with E-state index in [9.17, 15) is 0 Å². The van der Waals surface area contributed by atoms with Crippen LogP contribution in [0.25, 0.3) is 17.0 Å². The van der Waals surface area contributed by atoms with Crippen LogP contribution in [-0.2, 0) is 23.0 Å². The van der Waals surface area contributed by atoms with Gasteiger partial charge in [0.15, 0.2) is 0 Å². The van der Waals surface area contributed by atoms with Crippen LogP contribution in [0.1, 0.15) is 74.4 Å². The number of hydrogen-bond donors (Lipinski definition) is 2. The quantitative estimate of drug-likeness (QED) is 0.515. The predicted molar refractivity (Wildman–Crippen MR) is 123 cm³/mol. The summed E-state index contributed by atoms with van der Waals surface area (Å²) in [5.41, 5.74) is 7.71. The van der Waals surface area contributed by atoms with E-state index in [2.05, 4.69) is 39.4 Å². The standard InChI is InChI=1S/C24H34N6O/c1-16(14-25-3)17(2)20-18-10-6-5-7-11-19(18)26-22(21(20)23-27-29-30-28-23)24(15-31-4)12-8-9-13-24/h14,25H,2,5-13,15H2,1,3-4H3,(H,27,28,29,30)/b16-14-. The Hall–Kier alpha value is -2.54. The molecule has 2 aliphatic rings. The molecule has 2 heterocycles. The third-order valence-corrected chi connectivity index (χ3v) is 6.92. The molecule has 2 aliphatic carbocycles. The van der Waals surface area contributed by atoms with Gasteiger partial charge in [0.25, 0.3) is 0 Å². The zero-order valence-corrected chi connectivity index (χ0v) is 19.1. The van der Waals surface area contributed by atoms with Gasteiger partial charge in [0.2, 0.25) is 5.82 Å². The molecule has 0 aromatic carbocycles. The Morgan fingerprint density at radius 1 is 1.19 bits per heavy atom. The summed E-state index contributed by atoms with van der Waals surface area (Å²) in [7, 11) is 3.71. The fourth-order valence-corrected chi connectivity index (χ4v) is 5.40. The second kappa shape index (κ2) is 9.30. The minimum atomic E-state index is -0.123. The highest BCUT2D eigenvalue weighted by Gasteiger charge is 2.42. The summed E-state index contributed by atoms with van der Waals surface area (Å²) in [4.78, 5) is 5.37. The lowest BCUT2D eigenvalue weighted by Crippen LogP contribution is -2.31. The number of aromatic nitrogens is 5. The molecular weight excluding hydrogens is 388 g/mol. The molecule has 0 radical (unpaired) electrons. The Kier molecular flexibility index (Phi) is 6.51. The number of pyridine rings is 1. The van der Waals surface area contributed by atoms with Crippen molar-refractivity contribution >= 4 is 5.57 Å². The molecule has 166 valence electrons. The third kappa shape index (κ3) is 4.03. The van der Waals surface area contributed by atoms with Gasteiger partial charge in [-0.25, -0.2) is 0 Å². The van der Waals surface area contributed by atoms with Crippen LogP contribution in [0.2, 0.25) is 0 Å². The highest BCUT2D eigenvalue weighted by Crippen LogP contribution is 2.47. The molecule has 0 aliphatic heterocycles. The van der Waals surface area contributed by atoms with Gasteiger partial charge < -0.3 is 10.1 Å². The lowest BCUT2D eigenvalue weighted by molar-refractivity contribution is 0.129. The number of H-pyrrole nitrogens is 1. The topological polar surface area (TPSA) is 88.6 Å². The molecule has 2 N–H and O–H groups in total. The number of methoxy groups -OCH3 is 1. The van der Waals surface area contributed by atoms with Gasteiger partial charge in [0, 0.05) is 25.3 Å². The van der Waals surface area contributed by atoms with E-state index in [1.807, 2.05) is 13.2 Å². The molecule has 2 aromatic rings. The summed E-state index contributed by atoms with van der Waals surface area (Å²) in [6.07, 6.45) is 12.1. The van der Waals surface area contributed by atoms with E-state index in [1.54, 1.807) is 7.11 Å². The summed E-state index contributed by atoms with van der Waals surface area (Å²) in [5, 5.41) is 18.6. The van der Waals surface area contributed by atoms with Crippen LogP contribution in [0, 0.1) is 0 Å². The van der Waals surface area contributed by atoms with Crippen molar-refractivity contribution in [1.82, 2.24) is 30.9 Å². The zero-order chi connectivity index (χ0) is 21.8. The van der Waals surface area contributed by atoms with Gasteiger partial charge in [-0.15, -0.1) is 10.2 Å². The van der Waals surface area contributed by atoms with Gasteiger partial charge >= 0.3 is 0 Å². The molecule has 31 heavy (non-hydrogen) atoms. The summed E-state index contributed by atoms with van der Waals surface area (Å²) < 4.78 is 5.76. The van der Waals surface area contributed by atoms with Gasteiger partial charge in [0.05, 0.1) is 17.9 Å². The lowest BCUT2D eigenvalue weighted by Gasteiger charge is -2.32. The Bertz CT molecular complexity index is 957. The third-order valence-electron chi connectivity index (χ3n) is 6.92. The molecule has 1 fully saturated rings. The maximum absolute atomic E-state index is 5.76. The zero-order valence-electron chi connectivity index (χ0n) is 19.1. The first-order valence-corrected chi connectivity index (χ1v) is 11.4. The Morgan fingerprint density at radius 3 is 2.65 bits per heavy atom. The van der Waals surface area contributed by atoms with Crippen molar-refractivity contribution in [1.29, 1.82) is 0 Å². The Morgan fingerprint density at radius 2 is 1.97 bits per heavy atom. The number of ether oxygens (including phenoxy) is 1. The van der Waals surface area contributed by atoms with Crippen LogP contribution in [-0.4, -0.2) is 46.4 Å². The summed E-state index contributed by atoms with van der Waals surface area (Å²) in [6, 6.07) is 0. The number of rotatable bonds is 7. The fourth-order valence-electron chi connectivity index (χ4n) is 5.40. The second-order valence-corrected chi connectivity index (χ2v) is 8.95. The maximum Gasteiger partial charge on any atom is 0.207 e. The van der Waals surface area contributed by atoms with Crippen LogP contribution in [0.3, 0.4) is 0 Å². The van der Waals surface area contributed by atoms with Gasteiger partial charge in [0.1, 0.15) is 0 Å². The van der Waals surface area contributed by atoms with E-state index < -0.39 is 0 Å². The lowest BCUT2D eigenvalue weighted by atomic mass is 9.77. The van der Waals surface area contributed by atoms with Gasteiger partial charge in [-0.1, -0.05) is 25.8 Å². The molecular formula is C24H34N6O. The molecule has 2 aromatic heterocycles. The number of aromatic amines is 1. The van der Waals surface area contributed by atoms with Crippen molar-refractivity contribution in [2.75, 3.05) is 20.8 Å². The van der Waals surface area contributed by atoms with Crippen LogP contribution < -0.4 is 5.32 Å². The van der Waals surface area contributed by atoms with Gasteiger partial charge in [-0.2, -0.15) is 5.21 Å². The highest BCUT2D eigenvalue weighted by molar-refractivity contribution is 5.88. The average Bonchev–Trinajstić information content (AvgIpc) is 3.41. The Balaban J connectivity index is 2.06. The minimum Gasteiger partial charge on any atom is -0.394 e. The molecule has 0 unspecified atom stereocenters. The smallest absolute Gasteiger partial charge is 0.207 e. The average molecular weight is 423 g/mol. The fraction of sp³-hybridized carbons (Fsp3) is 0.583. The van der Waals surface area contributed by atoms with E-state index in [-0.39, 0.29) is 5.41 Å². The summed E-state index contributed by atoms with van der Waals surface area (Å²) >= 11 is 0. The maximum atomic E-state index is 5.76. The molecule has 0 atom stereocenters. The molecule has 7 nitrogen and oxygen atoms in total. The molecule has 0 amide bonds. The molecule has 0 spiro atoms. The van der Waals surface area contributed by atoms with E-state index >= 15 is 0 Å². The van der Waals surface area contributed by atoms with Crippen molar-refractivity contribution in [3.05, 3.63) is 40.9 Å². The summed E-state index contributed by atoms with van der Waals surface area (Å²) in [5.74, 6) is 0.602. The van der Waals surface area contributed by atoms with E-state index in [0.717, 1.165) is 60.1 Å². The van der Waals surface area contributed by atoms with Crippen molar-refractivity contribution in [2.24, 2.45) is 0 Å². The first-order valence-electron chi connectivity index (χ1n) is 11.4. The van der Waals surface area contributed by atoms with E-state index in [4.69, 9.17) is 9.72 Å². The highest BCUT2D eigenvalue weighted by atomic mass is 16.5. The first-order chi connectivity index (χ1) is 15.1. The molecule has 0 saturated heterocycles. The predicted octanol–water partition coefficient (Wildman–Crippen LogP) is 4.13. The largest absolute Gasteiger partial charge is 0.394 e. The monoisotopic (exact) mass is 422 g/mol. The van der Waals surface area contributed by atoms with Crippen molar-refractivity contribution in [3.63, 3.8) is 0 Å². The van der Waals surface area contributed by atoms with Crippen LogP contribution in [0.5, 0.6) is 0 Å².